The van der Waals surface area contributed by atoms with Crippen molar-refractivity contribution in [3.8, 4) is 11.8 Å². The number of nitriles is 1. The molecule has 0 spiro atoms. The normalized spacial score (nSPS) is 28.4. The first-order valence-corrected chi connectivity index (χ1v) is 5.85. The number of rotatable bonds is 2. The van der Waals surface area contributed by atoms with Crippen molar-refractivity contribution in [3.05, 3.63) is 24.0 Å². The molecule has 1 aromatic rings. The van der Waals surface area contributed by atoms with E-state index in [0.29, 0.717) is 5.69 Å². The lowest BCUT2D eigenvalue weighted by Crippen LogP contribution is -2.35. The molecule has 2 rings (SSSR count). The highest BCUT2D eigenvalue weighted by molar-refractivity contribution is 5.26. The van der Waals surface area contributed by atoms with Gasteiger partial charge in [0, 0.05) is 12.8 Å². The lowest BCUT2D eigenvalue weighted by molar-refractivity contribution is -0.0722. The van der Waals surface area contributed by atoms with Crippen molar-refractivity contribution in [2.75, 3.05) is 0 Å². The van der Waals surface area contributed by atoms with Crippen LogP contribution in [0.5, 0.6) is 5.75 Å². The van der Waals surface area contributed by atoms with Crippen LogP contribution in [-0.4, -0.2) is 23.3 Å². The summed E-state index contributed by atoms with van der Waals surface area (Å²) in [5.74, 6) is 0.718. The van der Waals surface area contributed by atoms with Crippen molar-refractivity contribution in [3.63, 3.8) is 0 Å². The Bertz CT molecular complexity index is 400. The third-order valence-electron chi connectivity index (χ3n) is 2.81. The van der Waals surface area contributed by atoms with Crippen LogP contribution in [0.4, 0.5) is 0 Å². The Hall–Kier alpha value is -1.60. The standard InChI is InChI=1S/C13H16N2O2/c1-9-5-13(6-10(2)16-9)17-12-4-3-11(7-14)15-8-12/h3-4,8-10,13H,5-6H2,1-2H3. The maximum absolute atomic E-state index is 8.65. The van der Waals surface area contributed by atoms with Gasteiger partial charge in [-0.3, -0.25) is 0 Å². The van der Waals surface area contributed by atoms with Crippen molar-refractivity contribution in [2.24, 2.45) is 0 Å². The largest absolute Gasteiger partial charge is 0.489 e. The molecule has 0 amide bonds. The molecule has 1 aliphatic heterocycles. The van der Waals surface area contributed by atoms with E-state index < -0.39 is 0 Å². The molecule has 0 radical (unpaired) electrons. The van der Waals surface area contributed by atoms with Gasteiger partial charge in [0.05, 0.1) is 18.4 Å². The Morgan fingerprint density at radius 3 is 2.59 bits per heavy atom. The predicted molar refractivity (Wildman–Crippen MR) is 62.6 cm³/mol. The van der Waals surface area contributed by atoms with Crippen LogP contribution in [0.25, 0.3) is 0 Å². The van der Waals surface area contributed by atoms with Gasteiger partial charge in [0.15, 0.2) is 0 Å². The Balaban J connectivity index is 1.98. The summed E-state index contributed by atoms with van der Waals surface area (Å²) < 4.78 is 11.5. The van der Waals surface area contributed by atoms with Gasteiger partial charge in [0.1, 0.15) is 23.6 Å². The second-order valence-electron chi connectivity index (χ2n) is 4.46. The molecule has 4 heteroatoms. The predicted octanol–water partition coefficient (Wildman–Crippen LogP) is 2.29. The maximum Gasteiger partial charge on any atom is 0.140 e. The van der Waals surface area contributed by atoms with Crippen molar-refractivity contribution >= 4 is 0 Å². The van der Waals surface area contributed by atoms with E-state index in [0.717, 1.165) is 18.6 Å². The van der Waals surface area contributed by atoms with Gasteiger partial charge in [-0.05, 0) is 26.0 Å². The third kappa shape index (κ3) is 3.18. The first kappa shape index (κ1) is 11.9. The van der Waals surface area contributed by atoms with E-state index in [2.05, 4.69) is 18.8 Å². The number of hydrogen-bond acceptors (Lipinski definition) is 4. The van der Waals surface area contributed by atoms with Gasteiger partial charge < -0.3 is 9.47 Å². The van der Waals surface area contributed by atoms with Crippen molar-refractivity contribution < 1.29 is 9.47 Å². The Kier molecular flexibility index (Phi) is 3.60. The zero-order valence-electron chi connectivity index (χ0n) is 10.1. The minimum atomic E-state index is 0.170. The van der Waals surface area contributed by atoms with Crippen molar-refractivity contribution in [1.82, 2.24) is 4.98 Å². The summed E-state index contributed by atoms with van der Waals surface area (Å²) in [6.45, 7) is 4.12. The zero-order chi connectivity index (χ0) is 12.3. The van der Waals surface area contributed by atoms with Crippen LogP contribution in [0.3, 0.4) is 0 Å². The fourth-order valence-electron chi connectivity index (χ4n) is 2.15. The average Bonchev–Trinajstić information content (AvgIpc) is 2.28. The van der Waals surface area contributed by atoms with Gasteiger partial charge >= 0.3 is 0 Å². The van der Waals surface area contributed by atoms with Crippen LogP contribution in [0, 0.1) is 11.3 Å². The van der Waals surface area contributed by atoms with Gasteiger partial charge in [-0.15, -0.1) is 0 Å². The van der Waals surface area contributed by atoms with E-state index in [1.54, 1.807) is 18.3 Å². The van der Waals surface area contributed by atoms with Crippen LogP contribution in [-0.2, 0) is 4.74 Å². The van der Waals surface area contributed by atoms with E-state index in [9.17, 15) is 0 Å². The Morgan fingerprint density at radius 2 is 2.06 bits per heavy atom. The summed E-state index contributed by atoms with van der Waals surface area (Å²) in [5, 5.41) is 8.65. The number of pyridine rings is 1. The highest BCUT2D eigenvalue weighted by Crippen LogP contribution is 2.23. The van der Waals surface area contributed by atoms with E-state index in [4.69, 9.17) is 14.7 Å². The number of ether oxygens (including phenoxy) is 2. The second kappa shape index (κ2) is 5.15. The minimum Gasteiger partial charge on any atom is -0.489 e. The molecule has 2 atom stereocenters. The van der Waals surface area contributed by atoms with E-state index in [-0.39, 0.29) is 18.3 Å². The SMILES string of the molecule is CC1CC(Oc2ccc(C#N)nc2)CC(C)O1. The summed E-state index contributed by atoms with van der Waals surface area (Å²) in [6, 6.07) is 5.44. The number of nitrogens with zero attached hydrogens (tertiary/aromatic N) is 2. The molecule has 17 heavy (non-hydrogen) atoms. The van der Waals surface area contributed by atoms with Gasteiger partial charge in [-0.2, -0.15) is 5.26 Å². The van der Waals surface area contributed by atoms with Crippen molar-refractivity contribution in [2.45, 2.75) is 45.0 Å². The molecule has 4 nitrogen and oxygen atoms in total. The molecule has 90 valence electrons. The number of hydrogen-bond donors (Lipinski definition) is 0. The van der Waals surface area contributed by atoms with Gasteiger partial charge in [-0.1, -0.05) is 0 Å². The molecule has 0 bridgehead atoms. The van der Waals surface area contributed by atoms with Crippen LogP contribution in [0.1, 0.15) is 32.4 Å². The molecule has 0 saturated carbocycles. The summed E-state index contributed by atoms with van der Waals surface area (Å²) >= 11 is 0. The first-order chi connectivity index (χ1) is 8.17. The summed E-state index contributed by atoms with van der Waals surface area (Å²) in [5.41, 5.74) is 0.408. The fourth-order valence-corrected chi connectivity index (χ4v) is 2.15. The van der Waals surface area contributed by atoms with Gasteiger partial charge in [0.2, 0.25) is 0 Å². The zero-order valence-corrected chi connectivity index (χ0v) is 10.1. The van der Waals surface area contributed by atoms with E-state index >= 15 is 0 Å². The highest BCUT2D eigenvalue weighted by Gasteiger charge is 2.25. The fraction of sp³-hybridized carbons (Fsp3) is 0.538. The molecular weight excluding hydrogens is 216 g/mol. The molecule has 0 aromatic carbocycles. The quantitative estimate of drug-likeness (QED) is 0.785. The molecule has 1 aromatic heterocycles. The molecular formula is C13H16N2O2. The molecule has 0 aliphatic carbocycles. The Morgan fingerprint density at radius 1 is 1.35 bits per heavy atom. The molecule has 1 aliphatic rings. The molecule has 2 unspecified atom stereocenters. The molecule has 2 heterocycles. The molecule has 1 saturated heterocycles. The number of aromatic nitrogens is 1. The van der Waals surface area contributed by atoms with Crippen LogP contribution in [0.15, 0.2) is 18.3 Å². The monoisotopic (exact) mass is 232 g/mol. The summed E-state index contributed by atoms with van der Waals surface area (Å²) in [4.78, 5) is 3.98. The van der Waals surface area contributed by atoms with Crippen LogP contribution < -0.4 is 4.74 Å². The lowest BCUT2D eigenvalue weighted by Gasteiger charge is -2.32. The third-order valence-corrected chi connectivity index (χ3v) is 2.81. The van der Waals surface area contributed by atoms with Crippen molar-refractivity contribution in [1.29, 1.82) is 5.26 Å². The molecule has 1 fully saturated rings. The molecule has 0 N–H and O–H groups in total. The topological polar surface area (TPSA) is 55.1 Å². The van der Waals surface area contributed by atoms with E-state index in [1.165, 1.54) is 0 Å². The van der Waals surface area contributed by atoms with E-state index in [1.807, 2.05) is 6.07 Å². The Labute approximate surface area is 101 Å². The smallest absolute Gasteiger partial charge is 0.140 e. The highest BCUT2D eigenvalue weighted by atomic mass is 16.5. The minimum absolute atomic E-state index is 0.170. The second-order valence-corrected chi connectivity index (χ2v) is 4.46. The maximum atomic E-state index is 8.65. The summed E-state index contributed by atoms with van der Waals surface area (Å²) in [7, 11) is 0. The lowest BCUT2D eigenvalue weighted by atomic mass is 10.0. The first-order valence-electron chi connectivity index (χ1n) is 5.85. The van der Waals surface area contributed by atoms with Crippen LogP contribution >= 0.6 is 0 Å². The summed E-state index contributed by atoms with van der Waals surface area (Å²) in [6.07, 6.45) is 4.02. The van der Waals surface area contributed by atoms with Gasteiger partial charge in [-0.25, -0.2) is 4.98 Å². The van der Waals surface area contributed by atoms with Gasteiger partial charge in [0.25, 0.3) is 0 Å². The average molecular weight is 232 g/mol. The van der Waals surface area contributed by atoms with Crippen LogP contribution in [0.2, 0.25) is 0 Å².